The van der Waals surface area contributed by atoms with E-state index in [9.17, 15) is 8.42 Å². The van der Waals surface area contributed by atoms with Crippen LogP contribution in [0.5, 0.6) is 0 Å². The monoisotopic (exact) mass is 243 g/mol. The Morgan fingerprint density at radius 2 is 2.19 bits per heavy atom. The molecular weight excluding hydrogens is 226 g/mol. The third kappa shape index (κ3) is 2.45. The molecule has 90 valence electrons. The van der Waals surface area contributed by atoms with Gasteiger partial charge in [-0.2, -0.15) is 0 Å². The van der Waals surface area contributed by atoms with Crippen LogP contribution in [0, 0.1) is 5.41 Å². The summed E-state index contributed by atoms with van der Waals surface area (Å²) < 4.78 is 26.3. The normalized spacial score (nSPS) is 18.6. The Balaban J connectivity index is 1.96. The summed E-state index contributed by atoms with van der Waals surface area (Å²) in [6.07, 6.45) is 3.78. The fraction of sp³-hybridized carbons (Fsp3) is 0.600. The molecule has 0 unspecified atom stereocenters. The lowest BCUT2D eigenvalue weighted by molar-refractivity contribution is 0.467. The van der Waals surface area contributed by atoms with Crippen molar-refractivity contribution in [3.05, 3.63) is 18.3 Å². The van der Waals surface area contributed by atoms with Crippen LogP contribution in [0.4, 0.5) is 0 Å². The average Bonchev–Trinajstić information content (AvgIpc) is 2.81. The second-order valence-electron chi connectivity index (χ2n) is 4.39. The minimum absolute atomic E-state index is 0.133. The van der Waals surface area contributed by atoms with Crippen molar-refractivity contribution >= 4 is 10.0 Å². The van der Waals surface area contributed by atoms with Crippen LogP contribution >= 0.6 is 0 Å². The van der Waals surface area contributed by atoms with Gasteiger partial charge in [-0.1, -0.05) is 0 Å². The van der Waals surface area contributed by atoms with E-state index in [-0.39, 0.29) is 10.4 Å². The number of nitrogens with one attached hydrogen (secondary N) is 3. The average molecular weight is 243 g/mol. The lowest BCUT2D eigenvalue weighted by atomic mass is 10.1. The van der Waals surface area contributed by atoms with Crippen molar-refractivity contribution in [2.45, 2.75) is 17.9 Å². The minimum atomic E-state index is -3.36. The van der Waals surface area contributed by atoms with Crippen LogP contribution in [0.15, 0.2) is 23.4 Å². The van der Waals surface area contributed by atoms with Gasteiger partial charge in [-0.3, -0.25) is 0 Å². The topological polar surface area (TPSA) is 74.0 Å². The van der Waals surface area contributed by atoms with Crippen molar-refractivity contribution in [1.29, 1.82) is 0 Å². The van der Waals surface area contributed by atoms with Crippen LogP contribution in [0.25, 0.3) is 0 Å². The Hall–Kier alpha value is -0.850. The number of rotatable bonds is 6. The predicted molar refractivity (Wildman–Crippen MR) is 61.6 cm³/mol. The van der Waals surface area contributed by atoms with Gasteiger partial charge >= 0.3 is 0 Å². The molecular formula is C10H17N3O2S. The van der Waals surface area contributed by atoms with Crippen LogP contribution in [0.3, 0.4) is 0 Å². The first-order valence-electron chi connectivity index (χ1n) is 5.36. The third-order valence-corrected chi connectivity index (χ3v) is 4.36. The van der Waals surface area contributed by atoms with Gasteiger partial charge in [0.15, 0.2) is 0 Å². The molecule has 0 atom stereocenters. The van der Waals surface area contributed by atoms with Crippen LogP contribution in [-0.4, -0.2) is 33.5 Å². The van der Waals surface area contributed by atoms with Gasteiger partial charge in [0.1, 0.15) is 5.03 Å². The van der Waals surface area contributed by atoms with Crippen molar-refractivity contribution in [2.24, 2.45) is 5.41 Å². The summed E-state index contributed by atoms with van der Waals surface area (Å²) >= 11 is 0. The summed E-state index contributed by atoms with van der Waals surface area (Å²) in [5.74, 6) is 0. The molecule has 5 nitrogen and oxygen atoms in total. The molecule has 1 aliphatic carbocycles. The molecule has 1 aromatic heterocycles. The molecule has 1 aromatic rings. The Labute approximate surface area is 95.7 Å². The molecule has 1 aliphatic rings. The van der Waals surface area contributed by atoms with E-state index in [1.165, 1.54) is 0 Å². The quantitative estimate of drug-likeness (QED) is 0.672. The third-order valence-electron chi connectivity index (χ3n) is 3.01. The van der Waals surface area contributed by atoms with Gasteiger partial charge in [-0.15, -0.1) is 0 Å². The molecule has 1 saturated carbocycles. The SMILES string of the molecule is CNCC1(CNS(=O)(=O)c2ccc[nH]2)CC1. The highest BCUT2D eigenvalue weighted by molar-refractivity contribution is 7.89. The van der Waals surface area contributed by atoms with Crippen LogP contribution < -0.4 is 10.0 Å². The van der Waals surface area contributed by atoms with Gasteiger partial charge < -0.3 is 10.3 Å². The van der Waals surface area contributed by atoms with Gasteiger partial charge in [-0.05, 0) is 37.4 Å². The zero-order chi connectivity index (χ0) is 11.6. The van der Waals surface area contributed by atoms with Crippen LogP contribution in [-0.2, 0) is 10.0 Å². The first-order valence-corrected chi connectivity index (χ1v) is 6.84. The molecule has 2 rings (SSSR count). The van der Waals surface area contributed by atoms with E-state index in [2.05, 4.69) is 15.0 Å². The first kappa shape index (κ1) is 11.6. The molecule has 0 aliphatic heterocycles. The number of aromatic nitrogens is 1. The standard InChI is InChI=1S/C10H17N3O2S/c1-11-7-10(4-5-10)8-13-16(14,15)9-3-2-6-12-9/h2-3,6,11-13H,4-5,7-8H2,1H3. The molecule has 0 bridgehead atoms. The highest BCUT2D eigenvalue weighted by Crippen LogP contribution is 2.44. The number of aromatic amines is 1. The molecule has 0 saturated heterocycles. The molecule has 3 N–H and O–H groups in total. The molecule has 0 spiro atoms. The van der Waals surface area contributed by atoms with Crippen molar-refractivity contribution < 1.29 is 8.42 Å². The Morgan fingerprint density at radius 3 is 2.69 bits per heavy atom. The maximum Gasteiger partial charge on any atom is 0.256 e. The van der Waals surface area contributed by atoms with Crippen LogP contribution in [0.1, 0.15) is 12.8 Å². The summed E-state index contributed by atoms with van der Waals surface area (Å²) in [5, 5.41) is 3.33. The first-order chi connectivity index (χ1) is 7.58. The highest BCUT2D eigenvalue weighted by Gasteiger charge is 2.42. The summed E-state index contributed by atoms with van der Waals surface area (Å²) in [6.45, 7) is 1.37. The van der Waals surface area contributed by atoms with Crippen molar-refractivity contribution in [3.8, 4) is 0 Å². The molecule has 0 amide bonds. The van der Waals surface area contributed by atoms with E-state index < -0.39 is 10.0 Å². The maximum atomic E-state index is 11.8. The van der Waals surface area contributed by atoms with Crippen molar-refractivity contribution in [1.82, 2.24) is 15.0 Å². The molecule has 0 aromatic carbocycles. The van der Waals surface area contributed by atoms with Gasteiger partial charge in [-0.25, -0.2) is 13.1 Å². The largest absolute Gasteiger partial charge is 0.351 e. The second kappa shape index (κ2) is 4.20. The van der Waals surface area contributed by atoms with Crippen LogP contribution in [0.2, 0.25) is 0 Å². The number of hydrogen-bond acceptors (Lipinski definition) is 3. The summed E-state index contributed by atoms with van der Waals surface area (Å²) in [6, 6.07) is 3.23. The fourth-order valence-corrected chi connectivity index (χ4v) is 2.91. The second-order valence-corrected chi connectivity index (χ2v) is 6.12. The predicted octanol–water partition coefficient (Wildman–Crippen LogP) is 0.293. The molecule has 16 heavy (non-hydrogen) atoms. The van der Waals surface area contributed by atoms with Gasteiger partial charge in [0.25, 0.3) is 10.0 Å². The van der Waals surface area contributed by atoms with Gasteiger partial charge in [0, 0.05) is 19.3 Å². The van der Waals surface area contributed by atoms with Gasteiger partial charge in [0.2, 0.25) is 0 Å². The molecule has 1 fully saturated rings. The van der Waals surface area contributed by atoms with E-state index in [1.807, 2.05) is 7.05 Å². The molecule has 1 heterocycles. The Bertz CT molecular complexity index is 435. The zero-order valence-corrected chi connectivity index (χ0v) is 10.1. The Morgan fingerprint density at radius 1 is 1.44 bits per heavy atom. The van der Waals surface area contributed by atoms with E-state index in [0.29, 0.717) is 6.54 Å². The van der Waals surface area contributed by atoms with Crippen molar-refractivity contribution in [2.75, 3.05) is 20.1 Å². The number of sulfonamides is 1. The maximum absolute atomic E-state index is 11.8. The highest BCUT2D eigenvalue weighted by atomic mass is 32.2. The zero-order valence-electron chi connectivity index (χ0n) is 9.29. The van der Waals surface area contributed by atoms with E-state index in [1.54, 1.807) is 18.3 Å². The van der Waals surface area contributed by atoms with E-state index >= 15 is 0 Å². The smallest absolute Gasteiger partial charge is 0.256 e. The van der Waals surface area contributed by atoms with E-state index in [0.717, 1.165) is 19.4 Å². The summed E-state index contributed by atoms with van der Waals surface area (Å²) in [5.41, 5.74) is 0.133. The number of H-pyrrole nitrogens is 1. The van der Waals surface area contributed by atoms with Gasteiger partial charge in [0.05, 0.1) is 0 Å². The summed E-state index contributed by atoms with van der Waals surface area (Å²) in [7, 11) is -1.47. The molecule has 6 heteroatoms. The Kier molecular flexibility index (Phi) is 3.05. The minimum Gasteiger partial charge on any atom is -0.351 e. The summed E-state index contributed by atoms with van der Waals surface area (Å²) in [4.78, 5) is 2.70. The lowest BCUT2D eigenvalue weighted by Crippen LogP contribution is -2.35. The van der Waals surface area contributed by atoms with E-state index in [4.69, 9.17) is 0 Å². The fourth-order valence-electron chi connectivity index (χ4n) is 1.77. The van der Waals surface area contributed by atoms with Crippen molar-refractivity contribution in [3.63, 3.8) is 0 Å². The lowest BCUT2D eigenvalue weighted by Gasteiger charge is -2.14. The molecule has 0 radical (unpaired) electrons. The number of hydrogen-bond donors (Lipinski definition) is 3.